The molecule has 1 heterocycles. The molecule has 11 nitrogen and oxygen atoms in total. The van der Waals surface area contributed by atoms with Crippen LogP contribution in [0.4, 0.5) is 16.2 Å². The summed E-state index contributed by atoms with van der Waals surface area (Å²) < 4.78 is 15.9. The lowest BCUT2D eigenvalue weighted by molar-refractivity contribution is -0.121. The van der Waals surface area contributed by atoms with Gasteiger partial charge < -0.3 is 29.7 Å². The van der Waals surface area contributed by atoms with Gasteiger partial charge in [-0.15, -0.1) is 0 Å². The van der Waals surface area contributed by atoms with Gasteiger partial charge in [-0.3, -0.25) is 14.5 Å². The van der Waals surface area contributed by atoms with E-state index < -0.39 is 35.2 Å². The molecule has 2 N–H and O–H groups in total. The SMILES string of the molecule is COCCN1CCN(c2ccc(C[C@H](NC(=O)OC(C)(C)C)C(=O)Nc3ccc(C(=O)OC(C)(C)C)cc3)cc2)C(=O)C1. The fourth-order valence-electron chi connectivity index (χ4n) is 4.37. The molecule has 1 fully saturated rings. The summed E-state index contributed by atoms with van der Waals surface area (Å²) in [5.74, 6) is -0.910. The molecule has 1 aliphatic heterocycles. The molecule has 1 atom stereocenters. The molecule has 0 radical (unpaired) electrons. The van der Waals surface area contributed by atoms with Gasteiger partial charge >= 0.3 is 12.1 Å². The molecular formula is C32H44N4O7. The predicted octanol–water partition coefficient (Wildman–Crippen LogP) is 4.01. The summed E-state index contributed by atoms with van der Waals surface area (Å²) in [7, 11) is 1.64. The third-order valence-electron chi connectivity index (χ3n) is 6.39. The molecule has 43 heavy (non-hydrogen) atoms. The predicted molar refractivity (Wildman–Crippen MR) is 164 cm³/mol. The van der Waals surface area contributed by atoms with Crippen LogP contribution < -0.4 is 15.5 Å². The number of nitrogens with zero attached hydrogens (tertiary/aromatic N) is 2. The number of ether oxygens (including phenoxy) is 3. The Kier molecular flexibility index (Phi) is 11.3. The number of carbonyl (C=O) groups excluding carboxylic acids is 4. The number of alkyl carbamates (subject to hydrolysis) is 1. The number of amides is 3. The summed E-state index contributed by atoms with van der Waals surface area (Å²) in [5.41, 5.74) is 0.984. The van der Waals surface area contributed by atoms with Crippen LogP contribution in [0.25, 0.3) is 0 Å². The van der Waals surface area contributed by atoms with Crippen molar-refractivity contribution in [3.05, 3.63) is 59.7 Å². The molecule has 0 bridgehead atoms. The van der Waals surface area contributed by atoms with Gasteiger partial charge in [0.05, 0.1) is 18.7 Å². The smallest absolute Gasteiger partial charge is 0.408 e. The third kappa shape index (κ3) is 11.0. The summed E-state index contributed by atoms with van der Waals surface area (Å²) in [6, 6.07) is 12.7. The maximum absolute atomic E-state index is 13.3. The molecule has 11 heteroatoms. The van der Waals surface area contributed by atoms with Crippen LogP contribution in [0.2, 0.25) is 0 Å². The summed E-state index contributed by atoms with van der Waals surface area (Å²) in [4.78, 5) is 54.9. The van der Waals surface area contributed by atoms with Crippen molar-refractivity contribution in [3.63, 3.8) is 0 Å². The van der Waals surface area contributed by atoms with Crippen molar-refractivity contribution < 1.29 is 33.4 Å². The minimum absolute atomic E-state index is 0.0108. The Morgan fingerprint density at radius 3 is 2.07 bits per heavy atom. The van der Waals surface area contributed by atoms with E-state index in [0.717, 1.165) is 17.8 Å². The number of hydrogen-bond acceptors (Lipinski definition) is 8. The van der Waals surface area contributed by atoms with E-state index in [1.165, 1.54) is 0 Å². The van der Waals surface area contributed by atoms with Crippen LogP contribution >= 0.6 is 0 Å². The van der Waals surface area contributed by atoms with Crippen molar-refractivity contribution in [2.75, 3.05) is 50.1 Å². The van der Waals surface area contributed by atoms with Crippen molar-refractivity contribution in [2.24, 2.45) is 0 Å². The van der Waals surface area contributed by atoms with Crippen LogP contribution in [0.1, 0.15) is 57.5 Å². The first-order valence-electron chi connectivity index (χ1n) is 14.4. The first kappa shape index (κ1) is 33.5. The second-order valence-electron chi connectivity index (χ2n) is 12.5. The Hall–Kier alpha value is -3.96. The van der Waals surface area contributed by atoms with Gasteiger partial charge in [-0.2, -0.15) is 0 Å². The Balaban J connectivity index is 1.70. The molecule has 3 rings (SSSR count). The normalized spacial score (nSPS) is 15.0. The molecule has 2 aromatic rings. The Morgan fingerprint density at radius 1 is 0.884 bits per heavy atom. The highest BCUT2D eigenvalue weighted by atomic mass is 16.6. The lowest BCUT2D eigenvalue weighted by Gasteiger charge is -2.34. The van der Waals surface area contributed by atoms with Crippen molar-refractivity contribution in [1.82, 2.24) is 10.2 Å². The van der Waals surface area contributed by atoms with E-state index >= 15 is 0 Å². The number of piperazine rings is 1. The molecule has 1 saturated heterocycles. The molecule has 3 amide bonds. The molecule has 0 spiro atoms. The Morgan fingerprint density at radius 2 is 1.51 bits per heavy atom. The average Bonchev–Trinajstić information content (AvgIpc) is 2.90. The number of carbonyl (C=O) groups is 4. The maximum Gasteiger partial charge on any atom is 0.408 e. The molecule has 0 saturated carbocycles. The number of nitrogens with one attached hydrogen (secondary N) is 2. The monoisotopic (exact) mass is 596 g/mol. The largest absolute Gasteiger partial charge is 0.456 e. The van der Waals surface area contributed by atoms with Gasteiger partial charge in [-0.25, -0.2) is 9.59 Å². The van der Waals surface area contributed by atoms with Gasteiger partial charge in [0, 0.05) is 44.5 Å². The number of esters is 1. The standard InChI is InChI=1S/C32H44N4O7/c1-31(2,3)42-29(39)23-10-12-24(13-11-23)33-28(38)26(34-30(40)43-32(4,5)6)20-22-8-14-25(15-9-22)36-17-16-35(18-19-41-7)21-27(36)37/h8-15,26H,16-21H2,1-7H3,(H,33,38)(H,34,40)/t26-/m0/s1. The van der Waals surface area contributed by atoms with E-state index in [-0.39, 0.29) is 12.3 Å². The number of hydrogen-bond donors (Lipinski definition) is 2. The lowest BCUT2D eigenvalue weighted by Crippen LogP contribution is -2.51. The highest BCUT2D eigenvalue weighted by Crippen LogP contribution is 2.20. The molecule has 0 aliphatic carbocycles. The first-order chi connectivity index (χ1) is 20.1. The van der Waals surface area contributed by atoms with E-state index in [4.69, 9.17) is 14.2 Å². The average molecular weight is 597 g/mol. The van der Waals surface area contributed by atoms with Crippen molar-refractivity contribution in [1.29, 1.82) is 0 Å². The maximum atomic E-state index is 13.3. The van der Waals surface area contributed by atoms with Gasteiger partial charge in [0.1, 0.15) is 17.2 Å². The minimum atomic E-state index is -0.961. The molecule has 1 aliphatic rings. The highest BCUT2D eigenvalue weighted by Gasteiger charge is 2.27. The number of rotatable bonds is 10. The fourth-order valence-corrected chi connectivity index (χ4v) is 4.37. The Labute approximate surface area is 253 Å². The quantitative estimate of drug-likeness (QED) is 0.394. The number of benzene rings is 2. The van der Waals surface area contributed by atoms with E-state index in [0.29, 0.717) is 37.5 Å². The number of methoxy groups -OCH3 is 1. The Bertz CT molecular complexity index is 1260. The van der Waals surface area contributed by atoms with Gasteiger partial charge in [-0.1, -0.05) is 12.1 Å². The van der Waals surface area contributed by atoms with Crippen molar-refractivity contribution in [3.8, 4) is 0 Å². The fraction of sp³-hybridized carbons (Fsp3) is 0.500. The molecule has 0 unspecified atom stereocenters. The van der Waals surface area contributed by atoms with Crippen molar-refractivity contribution in [2.45, 2.75) is 65.2 Å². The van der Waals surface area contributed by atoms with E-state index in [1.807, 2.05) is 24.3 Å². The van der Waals surface area contributed by atoms with Gasteiger partial charge in [0.2, 0.25) is 11.8 Å². The van der Waals surface area contributed by atoms with Crippen LogP contribution in [0, 0.1) is 0 Å². The minimum Gasteiger partial charge on any atom is -0.456 e. The zero-order chi connectivity index (χ0) is 31.8. The second-order valence-corrected chi connectivity index (χ2v) is 12.5. The van der Waals surface area contributed by atoms with Gasteiger partial charge in [0.25, 0.3) is 0 Å². The van der Waals surface area contributed by atoms with Crippen LogP contribution in [-0.4, -0.2) is 85.9 Å². The second kappa shape index (κ2) is 14.5. The zero-order valence-electron chi connectivity index (χ0n) is 26.2. The summed E-state index contributed by atoms with van der Waals surface area (Å²) >= 11 is 0. The van der Waals surface area contributed by atoms with E-state index in [9.17, 15) is 19.2 Å². The van der Waals surface area contributed by atoms with Crippen LogP contribution in [0.3, 0.4) is 0 Å². The van der Waals surface area contributed by atoms with Crippen LogP contribution in [0.5, 0.6) is 0 Å². The molecule has 234 valence electrons. The molecular weight excluding hydrogens is 552 g/mol. The number of anilines is 2. The van der Waals surface area contributed by atoms with E-state index in [2.05, 4.69) is 15.5 Å². The zero-order valence-corrected chi connectivity index (χ0v) is 26.2. The van der Waals surface area contributed by atoms with Gasteiger partial charge in [0.15, 0.2) is 0 Å². The summed E-state index contributed by atoms with van der Waals surface area (Å²) in [6.45, 7) is 13.5. The topological polar surface area (TPSA) is 127 Å². The van der Waals surface area contributed by atoms with E-state index in [1.54, 1.807) is 77.8 Å². The first-order valence-corrected chi connectivity index (χ1v) is 14.4. The third-order valence-corrected chi connectivity index (χ3v) is 6.39. The summed E-state index contributed by atoms with van der Waals surface area (Å²) in [5, 5.41) is 5.48. The van der Waals surface area contributed by atoms with Gasteiger partial charge in [-0.05, 0) is 83.5 Å². The highest BCUT2D eigenvalue weighted by molar-refractivity contribution is 5.98. The van der Waals surface area contributed by atoms with Crippen LogP contribution in [-0.2, 0) is 30.2 Å². The van der Waals surface area contributed by atoms with Crippen molar-refractivity contribution >= 4 is 35.3 Å². The molecule has 0 aromatic heterocycles. The molecule has 2 aromatic carbocycles. The lowest BCUT2D eigenvalue weighted by atomic mass is 10.0. The summed E-state index contributed by atoms with van der Waals surface area (Å²) in [6.07, 6.45) is -0.540. The van der Waals surface area contributed by atoms with Crippen LogP contribution in [0.15, 0.2) is 48.5 Å².